The van der Waals surface area contributed by atoms with E-state index in [0.29, 0.717) is 6.54 Å². The lowest BCUT2D eigenvalue weighted by atomic mass is 10.2. The van der Waals surface area contributed by atoms with E-state index in [4.69, 9.17) is 9.84 Å². The van der Waals surface area contributed by atoms with Crippen LogP contribution in [0.2, 0.25) is 0 Å². The van der Waals surface area contributed by atoms with E-state index in [-0.39, 0.29) is 18.9 Å². The number of nitrogens with zero attached hydrogens (tertiary/aromatic N) is 1. The number of nitrogens with one attached hydrogen (secondary N) is 1. The number of amides is 1. The summed E-state index contributed by atoms with van der Waals surface area (Å²) in [5, 5.41) is 12.5. The SMILES string of the molecule is COC(CNC(=O)CCn1ccc2ccccc21)C(=O)O. The van der Waals surface area contributed by atoms with E-state index >= 15 is 0 Å². The predicted molar refractivity (Wildman–Crippen MR) is 78.0 cm³/mol. The average Bonchev–Trinajstić information content (AvgIpc) is 2.88. The number of benzene rings is 1. The zero-order chi connectivity index (χ0) is 15.2. The molecule has 0 fully saturated rings. The molecule has 6 heteroatoms. The number of aryl methyl sites for hydroxylation is 1. The Morgan fingerprint density at radius 2 is 2.10 bits per heavy atom. The molecule has 0 aliphatic heterocycles. The number of rotatable bonds is 7. The summed E-state index contributed by atoms with van der Waals surface area (Å²) in [5.74, 6) is -1.29. The number of fused-ring (bicyclic) bond motifs is 1. The van der Waals surface area contributed by atoms with Gasteiger partial charge < -0.3 is 19.7 Å². The van der Waals surface area contributed by atoms with Crippen LogP contribution in [0.4, 0.5) is 0 Å². The summed E-state index contributed by atoms with van der Waals surface area (Å²) >= 11 is 0. The van der Waals surface area contributed by atoms with Crippen LogP contribution >= 0.6 is 0 Å². The highest BCUT2D eigenvalue weighted by Gasteiger charge is 2.16. The second kappa shape index (κ2) is 6.90. The van der Waals surface area contributed by atoms with Gasteiger partial charge in [-0.3, -0.25) is 4.79 Å². The Morgan fingerprint density at radius 3 is 2.81 bits per heavy atom. The molecule has 1 aromatic heterocycles. The average molecular weight is 290 g/mol. The lowest BCUT2D eigenvalue weighted by Gasteiger charge is -2.12. The Kier molecular flexibility index (Phi) is 4.94. The van der Waals surface area contributed by atoms with Crippen molar-refractivity contribution in [1.29, 1.82) is 0 Å². The van der Waals surface area contributed by atoms with Crippen molar-refractivity contribution in [3.05, 3.63) is 36.5 Å². The van der Waals surface area contributed by atoms with Gasteiger partial charge in [-0.25, -0.2) is 4.79 Å². The van der Waals surface area contributed by atoms with Gasteiger partial charge in [0, 0.05) is 31.8 Å². The van der Waals surface area contributed by atoms with Crippen molar-refractivity contribution in [2.45, 2.75) is 19.1 Å². The topological polar surface area (TPSA) is 80.6 Å². The number of hydrogen-bond donors (Lipinski definition) is 2. The van der Waals surface area contributed by atoms with Crippen LogP contribution in [0.25, 0.3) is 10.9 Å². The second-order valence-corrected chi connectivity index (χ2v) is 4.68. The first-order valence-electron chi connectivity index (χ1n) is 6.68. The molecule has 0 spiro atoms. The van der Waals surface area contributed by atoms with E-state index < -0.39 is 12.1 Å². The number of hydrogen-bond acceptors (Lipinski definition) is 3. The molecule has 1 unspecified atom stereocenters. The van der Waals surface area contributed by atoms with Gasteiger partial charge in [0.05, 0.1) is 6.54 Å². The van der Waals surface area contributed by atoms with E-state index in [2.05, 4.69) is 5.32 Å². The van der Waals surface area contributed by atoms with Gasteiger partial charge in [-0.15, -0.1) is 0 Å². The molecule has 6 nitrogen and oxygen atoms in total. The molecule has 0 saturated heterocycles. The highest BCUT2D eigenvalue weighted by atomic mass is 16.5. The first-order chi connectivity index (χ1) is 10.1. The van der Waals surface area contributed by atoms with Gasteiger partial charge in [0.15, 0.2) is 6.10 Å². The summed E-state index contributed by atoms with van der Waals surface area (Å²) in [7, 11) is 1.30. The first kappa shape index (κ1) is 15.1. The van der Waals surface area contributed by atoms with Gasteiger partial charge in [-0.1, -0.05) is 18.2 Å². The number of carboxylic acids is 1. The Labute approximate surface area is 122 Å². The van der Waals surface area contributed by atoms with Crippen LogP contribution in [0.5, 0.6) is 0 Å². The molecule has 0 radical (unpaired) electrons. The minimum absolute atomic E-state index is 0.0307. The number of carboxylic acid groups (broad SMARTS) is 1. The van der Waals surface area contributed by atoms with E-state index in [1.54, 1.807) is 0 Å². The maximum absolute atomic E-state index is 11.7. The molecule has 1 amide bonds. The summed E-state index contributed by atoms with van der Waals surface area (Å²) in [4.78, 5) is 22.5. The Balaban J connectivity index is 1.85. The van der Waals surface area contributed by atoms with Gasteiger partial charge >= 0.3 is 5.97 Å². The molecule has 2 aromatic rings. The third kappa shape index (κ3) is 3.82. The smallest absolute Gasteiger partial charge is 0.334 e. The quantitative estimate of drug-likeness (QED) is 0.804. The zero-order valence-electron chi connectivity index (χ0n) is 11.8. The van der Waals surface area contributed by atoms with E-state index in [1.165, 1.54) is 7.11 Å². The fourth-order valence-electron chi connectivity index (χ4n) is 2.12. The normalized spacial score (nSPS) is 12.2. The molecule has 21 heavy (non-hydrogen) atoms. The molecule has 0 saturated carbocycles. The van der Waals surface area contributed by atoms with Crippen molar-refractivity contribution in [3.63, 3.8) is 0 Å². The summed E-state index contributed by atoms with van der Waals surface area (Å²) in [6, 6.07) is 9.93. The van der Waals surface area contributed by atoms with Gasteiger partial charge in [-0.05, 0) is 17.5 Å². The molecule has 0 bridgehead atoms. The zero-order valence-corrected chi connectivity index (χ0v) is 11.8. The maximum atomic E-state index is 11.7. The minimum atomic E-state index is -1.09. The number of carbonyl (C=O) groups is 2. The number of methoxy groups -OCH3 is 1. The van der Waals surface area contributed by atoms with E-state index in [9.17, 15) is 9.59 Å². The van der Waals surface area contributed by atoms with Crippen LogP contribution in [0.3, 0.4) is 0 Å². The number of ether oxygens (including phenoxy) is 1. The molecule has 1 heterocycles. The van der Waals surface area contributed by atoms with Crippen LogP contribution in [0.1, 0.15) is 6.42 Å². The fraction of sp³-hybridized carbons (Fsp3) is 0.333. The second-order valence-electron chi connectivity index (χ2n) is 4.68. The van der Waals surface area contributed by atoms with Crippen LogP contribution in [0, 0.1) is 0 Å². The number of aliphatic carboxylic acids is 1. The Morgan fingerprint density at radius 1 is 1.33 bits per heavy atom. The van der Waals surface area contributed by atoms with Crippen molar-refractivity contribution in [2.75, 3.05) is 13.7 Å². The number of carbonyl (C=O) groups excluding carboxylic acids is 1. The van der Waals surface area contributed by atoms with Crippen molar-refractivity contribution < 1.29 is 19.4 Å². The summed E-state index contributed by atoms with van der Waals surface area (Å²) in [6.07, 6.45) is 1.21. The molecule has 1 aromatic carbocycles. The Bertz CT molecular complexity index is 635. The molecule has 0 aliphatic carbocycles. The van der Waals surface area contributed by atoms with Crippen molar-refractivity contribution in [2.24, 2.45) is 0 Å². The molecule has 2 N–H and O–H groups in total. The van der Waals surface area contributed by atoms with Crippen LogP contribution in [-0.2, 0) is 20.9 Å². The monoisotopic (exact) mass is 290 g/mol. The van der Waals surface area contributed by atoms with Gasteiger partial charge in [0.1, 0.15) is 0 Å². The van der Waals surface area contributed by atoms with Gasteiger partial charge in [-0.2, -0.15) is 0 Å². The highest BCUT2D eigenvalue weighted by molar-refractivity contribution is 5.81. The van der Waals surface area contributed by atoms with Crippen molar-refractivity contribution in [1.82, 2.24) is 9.88 Å². The molecular formula is C15H18N2O4. The molecular weight excluding hydrogens is 272 g/mol. The van der Waals surface area contributed by atoms with Crippen molar-refractivity contribution in [3.8, 4) is 0 Å². The van der Waals surface area contributed by atoms with Gasteiger partial charge in [0.2, 0.25) is 5.91 Å². The number of aromatic nitrogens is 1. The predicted octanol–water partition coefficient (Wildman–Crippen LogP) is 1.25. The number of para-hydroxylation sites is 1. The van der Waals surface area contributed by atoms with Gasteiger partial charge in [0.25, 0.3) is 0 Å². The fourth-order valence-corrected chi connectivity index (χ4v) is 2.12. The van der Waals surface area contributed by atoms with E-state index in [0.717, 1.165) is 10.9 Å². The van der Waals surface area contributed by atoms with Crippen LogP contribution < -0.4 is 5.32 Å². The standard InChI is InChI=1S/C15H18N2O4/c1-21-13(15(19)20)10-16-14(18)7-9-17-8-6-11-4-2-3-5-12(11)17/h2-6,8,13H,7,9-10H2,1H3,(H,16,18)(H,19,20). The summed E-state index contributed by atoms with van der Waals surface area (Å²) in [6.45, 7) is 0.515. The molecule has 1 atom stereocenters. The summed E-state index contributed by atoms with van der Waals surface area (Å²) < 4.78 is 6.75. The highest BCUT2D eigenvalue weighted by Crippen LogP contribution is 2.15. The summed E-state index contributed by atoms with van der Waals surface area (Å²) in [5.41, 5.74) is 1.07. The minimum Gasteiger partial charge on any atom is -0.479 e. The largest absolute Gasteiger partial charge is 0.479 e. The lowest BCUT2D eigenvalue weighted by molar-refractivity contribution is -0.148. The molecule has 0 aliphatic rings. The third-order valence-electron chi connectivity index (χ3n) is 3.30. The van der Waals surface area contributed by atoms with Crippen LogP contribution in [0.15, 0.2) is 36.5 Å². The van der Waals surface area contributed by atoms with Crippen molar-refractivity contribution >= 4 is 22.8 Å². The molecule has 112 valence electrons. The van der Waals surface area contributed by atoms with Crippen LogP contribution in [-0.4, -0.2) is 41.3 Å². The molecule has 2 rings (SSSR count). The third-order valence-corrected chi connectivity index (χ3v) is 3.30. The van der Waals surface area contributed by atoms with E-state index in [1.807, 2.05) is 41.1 Å². The lowest BCUT2D eigenvalue weighted by Crippen LogP contribution is -2.38. The Hall–Kier alpha value is -2.34. The maximum Gasteiger partial charge on any atom is 0.334 e. The first-order valence-corrected chi connectivity index (χ1v) is 6.68.